The third kappa shape index (κ3) is 10.2. The summed E-state index contributed by atoms with van der Waals surface area (Å²) in [6.07, 6.45) is 0. The minimum absolute atomic E-state index is 0.580. The van der Waals surface area contributed by atoms with Crippen molar-refractivity contribution in [1.82, 2.24) is 49.0 Å². The summed E-state index contributed by atoms with van der Waals surface area (Å²) >= 11 is 3.34. The Hall–Kier alpha value is -13.9. The Labute approximate surface area is 612 Å². The highest BCUT2D eigenvalue weighted by Gasteiger charge is 2.26. The van der Waals surface area contributed by atoms with E-state index < -0.39 is 0 Å². The lowest BCUT2D eigenvalue weighted by molar-refractivity contribution is 0.669. The largest absolute Gasteiger partial charge is 0.455 e. The second-order valence-electron chi connectivity index (χ2n) is 26.1. The summed E-state index contributed by atoms with van der Waals surface area (Å²) in [6.45, 7) is 0. The number of furan rings is 2. The maximum absolute atomic E-state index is 6.67. The van der Waals surface area contributed by atoms with Crippen molar-refractivity contribution in [1.29, 1.82) is 0 Å². The Morgan fingerprint density at radius 2 is 0.604 bits per heavy atom. The molecular weight excluding hydrogens is 1340 g/mol. The van der Waals surface area contributed by atoms with Gasteiger partial charge in [-0.05, 0) is 97.1 Å². The number of aromatic nitrogens is 10. The molecule has 0 fully saturated rings. The maximum Gasteiger partial charge on any atom is 0.164 e. The van der Waals surface area contributed by atoms with Crippen LogP contribution in [0.1, 0.15) is 0 Å². The van der Waals surface area contributed by atoms with Gasteiger partial charge < -0.3 is 18.0 Å². The summed E-state index contributed by atoms with van der Waals surface area (Å²) < 4.78 is 20.2. The molecule has 0 aliphatic heterocycles. The fourth-order valence-electron chi connectivity index (χ4n) is 15.1. The number of para-hydroxylation sites is 8. The molecule has 0 saturated heterocycles. The molecule has 0 amide bonds. The number of rotatable bonds is 10. The first kappa shape index (κ1) is 60.8. The molecule has 14 heteroatoms. The highest BCUT2D eigenvalue weighted by atomic mass is 32.1. The molecule has 0 spiro atoms. The van der Waals surface area contributed by atoms with Gasteiger partial charge >= 0.3 is 0 Å². The molecule has 0 N–H and O–H groups in total. The summed E-state index contributed by atoms with van der Waals surface area (Å²) in [6, 6.07) is 112. The van der Waals surface area contributed by atoms with Crippen LogP contribution in [0, 0.1) is 0 Å². The van der Waals surface area contributed by atoms with Gasteiger partial charge in [0.15, 0.2) is 34.9 Å². The van der Waals surface area contributed by atoms with Crippen molar-refractivity contribution in [2.45, 2.75) is 0 Å². The number of hydrogen-bond donors (Lipinski definition) is 0. The first-order valence-electron chi connectivity index (χ1n) is 35.0. The molecular formula is C92H54N10O2S2. The van der Waals surface area contributed by atoms with Crippen LogP contribution < -0.4 is 0 Å². The van der Waals surface area contributed by atoms with E-state index in [4.69, 9.17) is 48.7 Å². The molecule has 496 valence electrons. The first-order chi connectivity index (χ1) is 52.5. The Bertz CT molecular complexity index is 7120. The van der Waals surface area contributed by atoms with E-state index in [0.717, 1.165) is 163 Å². The Morgan fingerprint density at radius 3 is 1.13 bits per heavy atom. The van der Waals surface area contributed by atoms with Crippen LogP contribution in [0.25, 0.3) is 209 Å². The lowest BCUT2D eigenvalue weighted by atomic mass is 10.0. The summed E-state index contributed by atoms with van der Waals surface area (Å²) in [4.78, 5) is 41.0. The fraction of sp³-hybridized carbons (Fsp3) is 0. The third-order valence-corrected chi connectivity index (χ3v) is 21.9. The molecule has 22 aromatic rings. The minimum atomic E-state index is 0.580. The van der Waals surface area contributed by atoms with Gasteiger partial charge in [-0.15, -0.1) is 22.7 Å². The van der Waals surface area contributed by atoms with Gasteiger partial charge in [-0.25, -0.2) is 39.9 Å². The number of thiazole rings is 2. The molecule has 0 aliphatic carbocycles. The molecule has 0 bridgehead atoms. The number of nitrogens with zero attached hydrogens (tertiary/aromatic N) is 10. The number of benzene rings is 14. The van der Waals surface area contributed by atoms with Gasteiger partial charge in [0.1, 0.15) is 32.3 Å². The van der Waals surface area contributed by atoms with E-state index in [1.165, 1.54) is 10.8 Å². The van der Waals surface area contributed by atoms with Gasteiger partial charge in [0.05, 0.1) is 53.6 Å². The van der Waals surface area contributed by atoms with E-state index >= 15 is 0 Å². The van der Waals surface area contributed by atoms with Crippen LogP contribution in [-0.4, -0.2) is 49.0 Å². The summed E-state index contributed by atoms with van der Waals surface area (Å²) in [5, 5.41) is 10.3. The van der Waals surface area contributed by atoms with E-state index in [1.54, 1.807) is 22.7 Å². The average molecular weight is 1400 g/mol. The second kappa shape index (κ2) is 25.0. The van der Waals surface area contributed by atoms with Crippen LogP contribution in [0.2, 0.25) is 0 Å². The molecule has 0 atom stereocenters. The summed E-state index contributed by atoms with van der Waals surface area (Å²) in [7, 11) is 0. The van der Waals surface area contributed by atoms with E-state index in [-0.39, 0.29) is 0 Å². The Kier molecular flexibility index (Phi) is 14.3. The zero-order valence-corrected chi connectivity index (χ0v) is 57.9. The molecule has 8 aromatic heterocycles. The second-order valence-corrected chi connectivity index (χ2v) is 28.1. The molecule has 0 aliphatic rings. The number of fused-ring (bicyclic) bond motifs is 14. The molecule has 106 heavy (non-hydrogen) atoms. The SMILES string of the molecule is c1ccc(-c2nc(-c3ccc4c5ccccc5n(-c5ccccc5)c4c3)nc(-c3cccc4oc5c(-c6nc7ccccc7s6)cccc5c34)n2)cc1.c1ccc(-c2nc(-c3cccc4oc5c(-c6nc7ccccc7s6)cccc5c34)nc(-c3cccc4c3c3ccccc3n4-c3ccccc3)n2)cc1. The van der Waals surface area contributed by atoms with Crippen LogP contribution >= 0.6 is 22.7 Å². The van der Waals surface area contributed by atoms with E-state index in [1.807, 2.05) is 127 Å². The normalized spacial score (nSPS) is 11.8. The van der Waals surface area contributed by atoms with Gasteiger partial charge in [0.2, 0.25) is 0 Å². The van der Waals surface area contributed by atoms with Crippen LogP contribution in [0.5, 0.6) is 0 Å². The Balaban J connectivity index is 0.000000136. The van der Waals surface area contributed by atoms with Crippen molar-refractivity contribution in [3.05, 3.63) is 328 Å². The van der Waals surface area contributed by atoms with Crippen molar-refractivity contribution >= 4 is 131 Å². The van der Waals surface area contributed by atoms with Gasteiger partial charge in [-0.3, -0.25) is 0 Å². The van der Waals surface area contributed by atoms with Crippen LogP contribution in [0.3, 0.4) is 0 Å². The van der Waals surface area contributed by atoms with Crippen LogP contribution in [-0.2, 0) is 0 Å². The maximum atomic E-state index is 6.67. The van der Waals surface area contributed by atoms with Crippen molar-refractivity contribution in [3.8, 4) is 101 Å². The van der Waals surface area contributed by atoms with Gasteiger partial charge in [-0.1, -0.05) is 231 Å². The molecule has 12 nitrogen and oxygen atoms in total. The monoisotopic (exact) mass is 1390 g/mol. The van der Waals surface area contributed by atoms with E-state index in [0.29, 0.717) is 34.9 Å². The smallest absolute Gasteiger partial charge is 0.164 e. The zero-order chi connectivity index (χ0) is 69.8. The third-order valence-electron chi connectivity index (χ3n) is 19.8. The fourth-order valence-corrected chi connectivity index (χ4v) is 17.1. The highest BCUT2D eigenvalue weighted by Crippen LogP contribution is 2.46. The van der Waals surface area contributed by atoms with E-state index in [2.05, 4.69) is 209 Å². The molecule has 14 aromatic carbocycles. The minimum Gasteiger partial charge on any atom is -0.455 e. The standard InChI is InChI=1S/2C46H27N5OS/c1-3-14-28(15-4-1)43-48-44(32-20-12-25-37-40(32)30-18-7-9-24-36(30)51(37)29-16-5-2-6-17-29)50-45(49-43)33-21-13-26-38-41(33)31-19-11-22-34(42(31)52-38)46-47-35-23-8-10-27-39(35)53-46;1-3-13-28(14-4-1)43-48-44(29-25-26-32-31-17-7-9-22-37(31)51(38(32)27-29)30-15-5-2-6-16-30)50-45(49-43)34-19-12-23-39-41(34)33-18-11-20-35(42(33)52-39)46-47-36-21-8-10-24-40(36)53-46/h2*1-27H. The van der Waals surface area contributed by atoms with E-state index in [9.17, 15) is 0 Å². The highest BCUT2D eigenvalue weighted by molar-refractivity contribution is 7.22. The molecule has 22 rings (SSSR count). The molecule has 0 radical (unpaired) electrons. The predicted molar refractivity (Wildman–Crippen MR) is 433 cm³/mol. The predicted octanol–water partition coefficient (Wildman–Crippen LogP) is 24.3. The lowest BCUT2D eigenvalue weighted by Crippen LogP contribution is -2.01. The summed E-state index contributed by atoms with van der Waals surface area (Å²) in [5.74, 6) is 3.58. The molecule has 0 unspecified atom stereocenters. The van der Waals surface area contributed by atoms with Crippen LogP contribution in [0.15, 0.2) is 336 Å². The van der Waals surface area contributed by atoms with Gasteiger partial charge in [0, 0.05) is 87.8 Å². The van der Waals surface area contributed by atoms with Crippen molar-refractivity contribution in [3.63, 3.8) is 0 Å². The quantitative estimate of drug-likeness (QED) is 0.130. The zero-order valence-electron chi connectivity index (χ0n) is 56.3. The van der Waals surface area contributed by atoms with Gasteiger partial charge in [-0.2, -0.15) is 0 Å². The Morgan fingerprint density at radius 1 is 0.236 bits per heavy atom. The van der Waals surface area contributed by atoms with Crippen LogP contribution in [0.4, 0.5) is 0 Å². The van der Waals surface area contributed by atoms with Gasteiger partial charge in [0.25, 0.3) is 0 Å². The molecule has 0 saturated carbocycles. The summed E-state index contributed by atoms with van der Waals surface area (Å²) in [5.41, 5.74) is 19.1. The average Bonchev–Trinajstić information content (AvgIpc) is 1.57. The lowest BCUT2D eigenvalue weighted by Gasteiger charge is -2.11. The number of hydrogen-bond acceptors (Lipinski definition) is 12. The molecule has 8 heterocycles. The topological polar surface area (TPSA) is 139 Å². The van der Waals surface area contributed by atoms with Crippen molar-refractivity contribution in [2.24, 2.45) is 0 Å². The van der Waals surface area contributed by atoms with Crippen molar-refractivity contribution < 1.29 is 8.83 Å². The first-order valence-corrected chi connectivity index (χ1v) is 36.6. The van der Waals surface area contributed by atoms with Crippen molar-refractivity contribution in [2.75, 3.05) is 0 Å².